The Kier molecular flexibility index (Phi) is 5.94. The zero-order valence-corrected chi connectivity index (χ0v) is 18.9. The number of carbonyl (C=O) groups is 1. The number of ether oxygens (including phenoxy) is 2. The van der Waals surface area contributed by atoms with E-state index in [1.807, 2.05) is 56.3 Å². The monoisotopic (exact) mass is 453 g/mol. The van der Waals surface area contributed by atoms with E-state index >= 15 is 0 Å². The first kappa shape index (κ1) is 21.3. The minimum absolute atomic E-state index is 0.137. The Labute approximate surface area is 191 Å². The Bertz CT molecular complexity index is 1180. The molecule has 1 aliphatic rings. The minimum Gasteiger partial charge on any atom is -0.488 e. The van der Waals surface area contributed by atoms with Gasteiger partial charge < -0.3 is 14.4 Å². The molecule has 0 saturated heterocycles. The van der Waals surface area contributed by atoms with E-state index in [2.05, 4.69) is 0 Å². The third-order valence-electron chi connectivity index (χ3n) is 5.14. The van der Waals surface area contributed by atoms with Crippen molar-refractivity contribution >= 4 is 40.7 Å². The lowest BCUT2D eigenvalue weighted by Gasteiger charge is -2.12. The number of ketones is 1. The molecular formula is C25H21Cl2NO3. The van der Waals surface area contributed by atoms with Crippen molar-refractivity contribution in [2.75, 3.05) is 19.0 Å². The molecule has 0 spiro atoms. The van der Waals surface area contributed by atoms with Crippen molar-refractivity contribution in [3.63, 3.8) is 0 Å². The largest absolute Gasteiger partial charge is 0.488 e. The molecule has 3 aromatic rings. The highest BCUT2D eigenvalue weighted by molar-refractivity contribution is 6.35. The third kappa shape index (κ3) is 4.41. The first-order valence-corrected chi connectivity index (χ1v) is 10.5. The molecule has 0 bridgehead atoms. The lowest BCUT2D eigenvalue weighted by Crippen LogP contribution is -2.08. The molecule has 0 fully saturated rings. The van der Waals surface area contributed by atoms with E-state index in [9.17, 15) is 4.79 Å². The van der Waals surface area contributed by atoms with Crippen LogP contribution in [0.25, 0.3) is 6.08 Å². The molecule has 1 aliphatic heterocycles. The van der Waals surface area contributed by atoms with Gasteiger partial charge in [-0.3, -0.25) is 4.79 Å². The van der Waals surface area contributed by atoms with Crippen molar-refractivity contribution in [3.05, 3.63) is 92.7 Å². The molecule has 0 unspecified atom stereocenters. The number of hydrogen-bond acceptors (Lipinski definition) is 4. The van der Waals surface area contributed by atoms with Gasteiger partial charge in [0.05, 0.1) is 5.56 Å². The number of benzene rings is 3. The lowest BCUT2D eigenvalue weighted by atomic mass is 10.1. The molecule has 0 aliphatic carbocycles. The van der Waals surface area contributed by atoms with Gasteiger partial charge in [-0.05, 0) is 55.0 Å². The van der Waals surface area contributed by atoms with Gasteiger partial charge in [0.15, 0.2) is 5.76 Å². The van der Waals surface area contributed by atoms with E-state index in [-0.39, 0.29) is 12.4 Å². The van der Waals surface area contributed by atoms with Crippen LogP contribution in [0.4, 0.5) is 5.69 Å². The Morgan fingerprint density at radius 3 is 2.45 bits per heavy atom. The summed E-state index contributed by atoms with van der Waals surface area (Å²) in [5, 5.41) is 1.12. The topological polar surface area (TPSA) is 38.8 Å². The molecule has 158 valence electrons. The average Bonchev–Trinajstić information content (AvgIpc) is 3.05. The van der Waals surface area contributed by atoms with Crippen molar-refractivity contribution in [2.45, 2.75) is 13.5 Å². The molecule has 0 aromatic heterocycles. The summed E-state index contributed by atoms with van der Waals surface area (Å²) in [6.07, 6.45) is 1.76. The van der Waals surface area contributed by atoms with Gasteiger partial charge in [-0.1, -0.05) is 41.4 Å². The number of anilines is 1. The lowest BCUT2D eigenvalue weighted by molar-refractivity contribution is 0.101. The first-order chi connectivity index (χ1) is 14.8. The Hall–Kier alpha value is -2.95. The molecule has 0 saturated carbocycles. The fourth-order valence-corrected chi connectivity index (χ4v) is 3.80. The number of fused-ring (bicyclic) bond motifs is 1. The van der Waals surface area contributed by atoms with Crippen LogP contribution >= 0.6 is 23.2 Å². The molecule has 0 atom stereocenters. The van der Waals surface area contributed by atoms with Crippen molar-refractivity contribution in [1.82, 2.24) is 0 Å². The van der Waals surface area contributed by atoms with Crippen molar-refractivity contribution in [1.29, 1.82) is 0 Å². The molecule has 6 heteroatoms. The average molecular weight is 454 g/mol. The summed E-state index contributed by atoms with van der Waals surface area (Å²) in [5.41, 5.74) is 4.10. The smallest absolute Gasteiger partial charge is 0.231 e. The van der Waals surface area contributed by atoms with Gasteiger partial charge in [0.25, 0.3) is 0 Å². The quantitative estimate of drug-likeness (QED) is 0.409. The van der Waals surface area contributed by atoms with Gasteiger partial charge >= 0.3 is 0 Å². The summed E-state index contributed by atoms with van der Waals surface area (Å²) in [7, 11) is 3.97. The standard InChI is InChI=1S/C25H21Cl2NO3/c1-15-22(30-14-17-6-7-18(26)13-21(17)27)11-10-20-24(29)23(31-25(15)20)12-16-4-8-19(9-5-16)28(2)3/h4-13H,14H2,1-3H3/b23-12-. The summed E-state index contributed by atoms with van der Waals surface area (Å²) in [5.74, 6) is 1.32. The zero-order valence-electron chi connectivity index (χ0n) is 17.4. The SMILES string of the molecule is Cc1c(OCc2ccc(Cl)cc2Cl)ccc2c1O/C(=C\c1ccc(N(C)C)cc1)C2=O. The van der Waals surface area contributed by atoms with Crippen LogP contribution < -0.4 is 14.4 Å². The molecular weight excluding hydrogens is 433 g/mol. The number of nitrogens with zero attached hydrogens (tertiary/aromatic N) is 1. The van der Waals surface area contributed by atoms with Crippen molar-refractivity contribution < 1.29 is 14.3 Å². The molecule has 31 heavy (non-hydrogen) atoms. The fourth-order valence-electron chi connectivity index (χ4n) is 3.34. The number of Topliss-reactive ketones (excluding diaryl/α,β-unsaturated/α-hetero) is 1. The van der Waals surface area contributed by atoms with Gasteiger partial charge in [-0.15, -0.1) is 0 Å². The van der Waals surface area contributed by atoms with Crippen LogP contribution in [0.5, 0.6) is 11.5 Å². The summed E-state index contributed by atoms with van der Waals surface area (Å²) < 4.78 is 11.9. The van der Waals surface area contributed by atoms with Crippen LogP contribution in [0.1, 0.15) is 27.0 Å². The van der Waals surface area contributed by atoms with Crippen LogP contribution in [-0.2, 0) is 6.61 Å². The van der Waals surface area contributed by atoms with Gasteiger partial charge in [-0.25, -0.2) is 0 Å². The van der Waals surface area contributed by atoms with Crippen LogP contribution in [0.15, 0.2) is 60.4 Å². The Balaban J connectivity index is 1.54. The van der Waals surface area contributed by atoms with Crippen LogP contribution in [0.2, 0.25) is 10.0 Å². The Morgan fingerprint density at radius 2 is 1.77 bits per heavy atom. The predicted molar refractivity (Wildman–Crippen MR) is 126 cm³/mol. The summed E-state index contributed by atoms with van der Waals surface area (Å²) in [6, 6.07) is 16.7. The number of carbonyl (C=O) groups excluding carboxylic acids is 1. The highest BCUT2D eigenvalue weighted by Gasteiger charge is 2.30. The summed E-state index contributed by atoms with van der Waals surface area (Å²) >= 11 is 12.2. The number of halogens is 2. The highest BCUT2D eigenvalue weighted by Crippen LogP contribution is 2.39. The fraction of sp³-hybridized carbons (Fsp3) is 0.160. The van der Waals surface area contributed by atoms with Gasteiger partial charge in [0.2, 0.25) is 5.78 Å². The molecule has 4 nitrogen and oxygen atoms in total. The minimum atomic E-state index is -0.137. The second kappa shape index (κ2) is 8.66. The van der Waals surface area contributed by atoms with E-state index in [1.165, 1.54) is 0 Å². The van der Waals surface area contributed by atoms with Crippen molar-refractivity contribution in [3.8, 4) is 11.5 Å². The Morgan fingerprint density at radius 1 is 1.03 bits per heavy atom. The predicted octanol–water partition coefficient (Wildman–Crippen LogP) is 6.56. The van der Waals surface area contributed by atoms with Crippen LogP contribution in [0.3, 0.4) is 0 Å². The van der Waals surface area contributed by atoms with E-state index in [0.29, 0.717) is 32.9 Å². The van der Waals surface area contributed by atoms with Gasteiger partial charge in [0.1, 0.15) is 18.1 Å². The molecule has 1 heterocycles. The second-order valence-electron chi connectivity index (χ2n) is 7.52. The van der Waals surface area contributed by atoms with Gasteiger partial charge in [-0.2, -0.15) is 0 Å². The van der Waals surface area contributed by atoms with E-state index in [0.717, 1.165) is 22.4 Å². The third-order valence-corrected chi connectivity index (χ3v) is 5.73. The van der Waals surface area contributed by atoms with Crippen molar-refractivity contribution in [2.24, 2.45) is 0 Å². The first-order valence-electron chi connectivity index (χ1n) is 9.75. The zero-order chi connectivity index (χ0) is 22.1. The van der Waals surface area contributed by atoms with E-state index in [4.69, 9.17) is 32.7 Å². The maximum Gasteiger partial charge on any atom is 0.231 e. The highest BCUT2D eigenvalue weighted by atomic mass is 35.5. The van der Waals surface area contributed by atoms with Crippen LogP contribution in [-0.4, -0.2) is 19.9 Å². The summed E-state index contributed by atoms with van der Waals surface area (Å²) in [4.78, 5) is 14.8. The van der Waals surface area contributed by atoms with E-state index in [1.54, 1.807) is 30.3 Å². The molecule has 0 radical (unpaired) electrons. The summed E-state index contributed by atoms with van der Waals surface area (Å²) in [6.45, 7) is 2.16. The van der Waals surface area contributed by atoms with Crippen LogP contribution in [0, 0.1) is 6.92 Å². The molecule has 0 N–H and O–H groups in total. The molecule has 4 rings (SSSR count). The number of hydrogen-bond donors (Lipinski definition) is 0. The van der Waals surface area contributed by atoms with Gasteiger partial charge in [0, 0.05) is 41.0 Å². The number of rotatable bonds is 5. The maximum absolute atomic E-state index is 12.8. The second-order valence-corrected chi connectivity index (χ2v) is 8.36. The number of allylic oxidation sites excluding steroid dienone is 1. The molecule has 3 aromatic carbocycles. The normalized spacial score (nSPS) is 13.8. The maximum atomic E-state index is 12.8. The van der Waals surface area contributed by atoms with E-state index < -0.39 is 0 Å². The molecule has 0 amide bonds.